The Hall–Kier alpha value is -2.38. The molecule has 24 heavy (non-hydrogen) atoms. The minimum atomic E-state index is -4.19. The molecule has 0 atom stereocenters. The van der Waals surface area contributed by atoms with Crippen molar-refractivity contribution >= 4 is 20.9 Å². The van der Waals surface area contributed by atoms with Crippen LogP contribution in [0.15, 0.2) is 53.6 Å². The first-order chi connectivity index (χ1) is 11.4. The summed E-state index contributed by atoms with van der Waals surface area (Å²) in [6.45, 7) is 1.29. The van der Waals surface area contributed by atoms with E-state index in [0.29, 0.717) is 11.1 Å². The van der Waals surface area contributed by atoms with Gasteiger partial charge >= 0.3 is 0 Å². The van der Waals surface area contributed by atoms with Gasteiger partial charge in [0.25, 0.3) is 0 Å². The molecule has 4 nitrogen and oxygen atoms in total. The zero-order valence-electron chi connectivity index (χ0n) is 12.8. The van der Waals surface area contributed by atoms with E-state index in [0.717, 1.165) is 11.5 Å². The van der Waals surface area contributed by atoms with Crippen LogP contribution in [0.3, 0.4) is 0 Å². The van der Waals surface area contributed by atoms with Crippen molar-refractivity contribution in [2.45, 2.75) is 18.4 Å². The zero-order chi connectivity index (χ0) is 17.3. The molecule has 1 aromatic heterocycles. The predicted molar refractivity (Wildman–Crippen MR) is 86.9 cm³/mol. The molecule has 0 amide bonds. The van der Waals surface area contributed by atoms with Crippen LogP contribution in [0, 0.1) is 18.6 Å². The van der Waals surface area contributed by atoms with Gasteiger partial charge in [-0.15, -0.1) is 0 Å². The van der Waals surface area contributed by atoms with Crippen LogP contribution in [0.2, 0.25) is 0 Å². The van der Waals surface area contributed by atoms with E-state index < -0.39 is 26.6 Å². The molecule has 1 N–H and O–H groups in total. The average molecular weight is 348 g/mol. The quantitative estimate of drug-likeness (QED) is 0.787. The number of sulfonamides is 1. The van der Waals surface area contributed by atoms with Crippen molar-refractivity contribution in [2.75, 3.05) is 0 Å². The number of aromatic nitrogens is 1. The molecule has 124 valence electrons. The summed E-state index contributed by atoms with van der Waals surface area (Å²) in [7, 11) is -4.19. The summed E-state index contributed by atoms with van der Waals surface area (Å²) in [6.07, 6.45) is 1.61. The summed E-state index contributed by atoms with van der Waals surface area (Å²) in [5.41, 5.74) is 1.34. The van der Waals surface area contributed by atoms with E-state index in [-0.39, 0.29) is 12.1 Å². The summed E-state index contributed by atoms with van der Waals surface area (Å²) in [5, 5.41) is 0.863. The number of rotatable bonds is 4. The van der Waals surface area contributed by atoms with E-state index >= 15 is 0 Å². The predicted octanol–water partition coefficient (Wildman–Crippen LogP) is 3.30. The molecule has 0 aliphatic carbocycles. The number of para-hydroxylation sites is 1. The second-order valence-electron chi connectivity index (χ2n) is 5.33. The van der Waals surface area contributed by atoms with E-state index in [2.05, 4.69) is 9.71 Å². The highest BCUT2D eigenvalue weighted by atomic mass is 32.2. The molecule has 0 aliphatic heterocycles. The van der Waals surface area contributed by atoms with Crippen molar-refractivity contribution in [1.29, 1.82) is 0 Å². The SMILES string of the molecule is Cc1ccc(S(=O)(=O)NCc2cccc3cccnc23)c(F)c1F. The van der Waals surface area contributed by atoms with Gasteiger partial charge < -0.3 is 0 Å². The van der Waals surface area contributed by atoms with Crippen molar-refractivity contribution in [1.82, 2.24) is 9.71 Å². The summed E-state index contributed by atoms with van der Waals surface area (Å²) >= 11 is 0. The normalized spacial score (nSPS) is 11.8. The Morgan fingerprint density at radius 1 is 1.04 bits per heavy atom. The van der Waals surface area contributed by atoms with Crippen LogP contribution < -0.4 is 4.72 Å². The summed E-state index contributed by atoms with van der Waals surface area (Å²) in [5.74, 6) is -2.54. The molecule has 2 aromatic carbocycles. The van der Waals surface area contributed by atoms with Crippen molar-refractivity contribution in [3.8, 4) is 0 Å². The number of benzene rings is 2. The van der Waals surface area contributed by atoms with Gasteiger partial charge in [-0.25, -0.2) is 21.9 Å². The van der Waals surface area contributed by atoms with Crippen LogP contribution in [-0.2, 0) is 16.6 Å². The van der Waals surface area contributed by atoms with Gasteiger partial charge in [0.1, 0.15) is 4.90 Å². The number of hydrogen-bond donors (Lipinski definition) is 1. The molecule has 1 heterocycles. The summed E-state index contributed by atoms with van der Waals surface area (Å²) < 4.78 is 54.4. The lowest BCUT2D eigenvalue weighted by Crippen LogP contribution is -2.25. The molecule has 0 spiro atoms. The first kappa shape index (κ1) is 16.5. The Kier molecular flexibility index (Phi) is 4.29. The van der Waals surface area contributed by atoms with E-state index in [9.17, 15) is 17.2 Å². The van der Waals surface area contributed by atoms with Crippen LogP contribution in [0.25, 0.3) is 10.9 Å². The van der Waals surface area contributed by atoms with Gasteiger partial charge in [0.05, 0.1) is 5.52 Å². The van der Waals surface area contributed by atoms with Crippen LogP contribution in [0.5, 0.6) is 0 Å². The standard InChI is InChI=1S/C17H14F2N2O2S/c1-11-7-8-14(16(19)15(11)18)24(22,23)21-10-13-5-2-4-12-6-3-9-20-17(12)13/h2-9,21H,10H2,1H3. The third-order valence-corrected chi connectivity index (χ3v) is 5.12. The van der Waals surface area contributed by atoms with Crippen LogP contribution >= 0.6 is 0 Å². The summed E-state index contributed by atoms with van der Waals surface area (Å²) in [4.78, 5) is 3.52. The molecule has 0 bridgehead atoms. The number of fused-ring (bicyclic) bond motifs is 1. The van der Waals surface area contributed by atoms with Crippen molar-refractivity contribution in [3.63, 3.8) is 0 Å². The number of nitrogens with zero attached hydrogens (tertiary/aromatic N) is 1. The first-order valence-electron chi connectivity index (χ1n) is 7.17. The molecule has 0 unspecified atom stereocenters. The fourth-order valence-electron chi connectivity index (χ4n) is 2.40. The molecular weight excluding hydrogens is 334 g/mol. The fourth-order valence-corrected chi connectivity index (χ4v) is 3.47. The largest absolute Gasteiger partial charge is 0.256 e. The molecule has 3 rings (SSSR count). The third-order valence-electron chi connectivity index (χ3n) is 3.70. The van der Waals surface area contributed by atoms with Crippen molar-refractivity contribution in [2.24, 2.45) is 0 Å². The zero-order valence-corrected chi connectivity index (χ0v) is 13.6. The number of pyridine rings is 1. The highest BCUT2D eigenvalue weighted by molar-refractivity contribution is 7.89. The van der Waals surface area contributed by atoms with Gasteiger partial charge in [0, 0.05) is 18.1 Å². The van der Waals surface area contributed by atoms with Gasteiger partial charge in [0.2, 0.25) is 10.0 Å². The first-order valence-corrected chi connectivity index (χ1v) is 8.65. The Bertz CT molecular complexity index is 1020. The number of hydrogen-bond acceptors (Lipinski definition) is 3. The maximum atomic E-state index is 13.9. The lowest BCUT2D eigenvalue weighted by molar-refractivity contribution is 0.478. The molecule has 0 saturated carbocycles. The maximum absolute atomic E-state index is 13.9. The van der Waals surface area contributed by atoms with Gasteiger partial charge in [-0.2, -0.15) is 0 Å². The molecule has 0 saturated heterocycles. The Morgan fingerprint density at radius 2 is 1.79 bits per heavy atom. The Morgan fingerprint density at radius 3 is 2.58 bits per heavy atom. The summed E-state index contributed by atoms with van der Waals surface area (Å²) in [6, 6.07) is 11.3. The van der Waals surface area contributed by atoms with E-state index in [1.165, 1.54) is 13.0 Å². The number of nitrogens with one attached hydrogen (secondary N) is 1. The van der Waals surface area contributed by atoms with E-state index in [1.807, 2.05) is 12.1 Å². The molecular formula is C17H14F2N2O2S. The highest BCUT2D eigenvalue weighted by Gasteiger charge is 2.22. The van der Waals surface area contributed by atoms with Gasteiger partial charge in [-0.3, -0.25) is 4.98 Å². The molecule has 0 fully saturated rings. The Balaban J connectivity index is 1.92. The van der Waals surface area contributed by atoms with Gasteiger partial charge in [0.15, 0.2) is 11.6 Å². The van der Waals surface area contributed by atoms with Crippen LogP contribution in [0.1, 0.15) is 11.1 Å². The number of halogens is 2. The van der Waals surface area contributed by atoms with E-state index in [1.54, 1.807) is 24.4 Å². The Labute approximate surface area is 138 Å². The van der Waals surface area contributed by atoms with Gasteiger partial charge in [-0.1, -0.05) is 30.3 Å². The molecule has 3 aromatic rings. The second kappa shape index (κ2) is 6.26. The minimum absolute atomic E-state index is 0.0460. The lowest BCUT2D eigenvalue weighted by Gasteiger charge is -2.10. The molecule has 0 aliphatic rings. The maximum Gasteiger partial charge on any atom is 0.243 e. The topological polar surface area (TPSA) is 59.1 Å². The van der Waals surface area contributed by atoms with Crippen LogP contribution in [-0.4, -0.2) is 13.4 Å². The van der Waals surface area contributed by atoms with Gasteiger partial charge in [-0.05, 0) is 30.2 Å². The number of aryl methyl sites for hydroxylation is 1. The lowest BCUT2D eigenvalue weighted by atomic mass is 10.1. The van der Waals surface area contributed by atoms with E-state index in [4.69, 9.17) is 0 Å². The van der Waals surface area contributed by atoms with Crippen molar-refractivity contribution < 1.29 is 17.2 Å². The highest BCUT2D eigenvalue weighted by Crippen LogP contribution is 2.21. The third kappa shape index (κ3) is 3.00. The second-order valence-corrected chi connectivity index (χ2v) is 7.06. The minimum Gasteiger partial charge on any atom is -0.256 e. The monoisotopic (exact) mass is 348 g/mol. The van der Waals surface area contributed by atoms with Crippen molar-refractivity contribution in [3.05, 3.63) is 71.4 Å². The molecule has 0 radical (unpaired) electrons. The van der Waals surface area contributed by atoms with Crippen LogP contribution in [0.4, 0.5) is 8.78 Å². The smallest absolute Gasteiger partial charge is 0.243 e. The molecule has 7 heteroatoms. The average Bonchev–Trinajstić information content (AvgIpc) is 2.57. The fraction of sp³-hybridized carbons (Fsp3) is 0.118.